The maximum absolute atomic E-state index is 12.1. The third kappa shape index (κ3) is 4.27. The first-order valence-electron chi connectivity index (χ1n) is 6.35. The molecule has 2 aromatic rings. The van der Waals surface area contributed by atoms with Crippen LogP contribution in [0.3, 0.4) is 0 Å². The minimum Gasteiger partial charge on any atom is -0.322 e. The highest BCUT2D eigenvalue weighted by Gasteiger charge is 2.16. The van der Waals surface area contributed by atoms with E-state index in [9.17, 15) is 18.0 Å². The van der Waals surface area contributed by atoms with Crippen LogP contribution in [0.15, 0.2) is 47.5 Å². The van der Waals surface area contributed by atoms with Crippen molar-refractivity contribution in [1.82, 2.24) is 9.71 Å². The lowest BCUT2D eigenvalue weighted by atomic mass is 10.2. The first-order valence-corrected chi connectivity index (χ1v) is 8.21. The summed E-state index contributed by atoms with van der Waals surface area (Å²) >= 11 is 5.83. The molecule has 1 heterocycles. The van der Waals surface area contributed by atoms with Gasteiger partial charge in [-0.25, -0.2) is 18.1 Å². The van der Waals surface area contributed by atoms with Gasteiger partial charge in [0.25, 0.3) is 15.9 Å². The van der Waals surface area contributed by atoms with Crippen LogP contribution in [0.5, 0.6) is 0 Å². The largest absolute Gasteiger partial charge is 0.322 e. The summed E-state index contributed by atoms with van der Waals surface area (Å²) < 4.78 is 25.4. The number of nitrogens with one attached hydrogen (secondary N) is 2. The number of anilines is 1. The first-order chi connectivity index (χ1) is 10.8. The molecule has 0 fully saturated rings. The number of benzene rings is 1. The van der Waals surface area contributed by atoms with E-state index < -0.39 is 21.8 Å². The number of hydrogen-bond acceptors (Lipinski definition) is 5. The Morgan fingerprint density at radius 3 is 2.35 bits per heavy atom. The summed E-state index contributed by atoms with van der Waals surface area (Å²) in [6, 6.07) is 8.43. The van der Waals surface area contributed by atoms with Crippen LogP contribution in [0, 0.1) is 0 Å². The van der Waals surface area contributed by atoms with Crippen molar-refractivity contribution in [3.63, 3.8) is 0 Å². The molecule has 0 atom stereocenters. The van der Waals surface area contributed by atoms with Gasteiger partial charge in [-0.15, -0.1) is 0 Å². The quantitative estimate of drug-likeness (QED) is 0.815. The highest BCUT2D eigenvalue weighted by atomic mass is 35.5. The van der Waals surface area contributed by atoms with Crippen molar-refractivity contribution in [2.24, 2.45) is 0 Å². The van der Waals surface area contributed by atoms with Crippen molar-refractivity contribution < 1.29 is 18.0 Å². The Kier molecular flexibility index (Phi) is 4.97. The van der Waals surface area contributed by atoms with Gasteiger partial charge in [-0.3, -0.25) is 9.59 Å². The van der Waals surface area contributed by atoms with Crippen molar-refractivity contribution in [3.05, 3.63) is 53.3 Å². The number of carbonyl (C=O) groups is 2. The van der Waals surface area contributed by atoms with E-state index in [1.165, 1.54) is 36.5 Å². The monoisotopic (exact) mass is 353 g/mol. The standard InChI is InChI=1S/C14H12ClN3O4S/c1-9(19)18-23(21,22)11-6-4-10(5-7-11)17-14(20)12-3-2-8-16-13(12)15/h2-8H,1H3,(H,17,20)(H,18,19). The number of carbonyl (C=O) groups excluding carboxylic acids is 2. The second kappa shape index (κ2) is 6.76. The van der Waals surface area contributed by atoms with E-state index in [1.54, 1.807) is 6.07 Å². The Bertz CT molecular complexity index is 851. The Balaban J connectivity index is 2.16. The summed E-state index contributed by atoms with van der Waals surface area (Å²) in [5, 5.41) is 2.64. The van der Waals surface area contributed by atoms with Crippen molar-refractivity contribution >= 4 is 39.1 Å². The van der Waals surface area contributed by atoms with Crippen LogP contribution in [0.4, 0.5) is 5.69 Å². The van der Waals surface area contributed by atoms with E-state index in [0.717, 1.165) is 6.92 Å². The molecule has 0 unspecified atom stereocenters. The fourth-order valence-corrected chi connectivity index (χ4v) is 2.92. The number of nitrogens with zero attached hydrogens (tertiary/aromatic N) is 1. The molecule has 1 aromatic carbocycles. The zero-order valence-electron chi connectivity index (χ0n) is 11.9. The van der Waals surface area contributed by atoms with Gasteiger partial charge in [-0.05, 0) is 36.4 Å². The van der Waals surface area contributed by atoms with E-state index in [-0.39, 0.29) is 15.6 Å². The van der Waals surface area contributed by atoms with Crippen molar-refractivity contribution in [1.29, 1.82) is 0 Å². The predicted molar refractivity (Wildman–Crippen MR) is 84.6 cm³/mol. The fourth-order valence-electron chi connectivity index (χ4n) is 1.72. The molecule has 0 saturated carbocycles. The third-order valence-electron chi connectivity index (χ3n) is 2.70. The molecule has 0 spiro atoms. The van der Waals surface area contributed by atoms with Crippen LogP contribution >= 0.6 is 11.6 Å². The first kappa shape index (κ1) is 16.9. The van der Waals surface area contributed by atoms with Gasteiger partial charge >= 0.3 is 0 Å². The van der Waals surface area contributed by atoms with Crippen molar-refractivity contribution in [3.8, 4) is 0 Å². The molecule has 0 aliphatic carbocycles. The summed E-state index contributed by atoms with van der Waals surface area (Å²) in [5.41, 5.74) is 0.570. The van der Waals surface area contributed by atoms with Gasteiger partial charge in [-0.2, -0.15) is 0 Å². The van der Waals surface area contributed by atoms with E-state index >= 15 is 0 Å². The Labute approximate surface area is 137 Å². The SMILES string of the molecule is CC(=O)NS(=O)(=O)c1ccc(NC(=O)c2cccnc2Cl)cc1. The number of hydrogen-bond donors (Lipinski definition) is 2. The summed E-state index contributed by atoms with van der Waals surface area (Å²) in [6.07, 6.45) is 1.46. The highest BCUT2D eigenvalue weighted by molar-refractivity contribution is 7.90. The van der Waals surface area contributed by atoms with Gasteiger partial charge in [0, 0.05) is 18.8 Å². The van der Waals surface area contributed by atoms with Crippen molar-refractivity contribution in [2.75, 3.05) is 5.32 Å². The Morgan fingerprint density at radius 1 is 1.13 bits per heavy atom. The molecule has 0 bridgehead atoms. The van der Waals surface area contributed by atoms with Crippen LogP contribution in [-0.2, 0) is 14.8 Å². The number of rotatable bonds is 4. The molecule has 2 amide bonds. The van der Waals surface area contributed by atoms with E-state index in [1.807, 2.05) is 4.72 Å². The predicted octanol–water partition coefficient (Wildman–Crippen LogP) is 1.81. The zero-order chi connectivity index (χ0) is 17.0. The average molecular weight is 354 g/mol. The number of halogens is 1. The highest BCUT2D eigenvalue weighted by Crippen LogP contribution is 2.17. The van der Waals surface area contributed by atoms with Crippen LogP contribution in [0.2, 0.25) is 5.15 Å². The van der Waals surface area contributed by atoms with E-state index in [2.05, 4.69) is 10.3 Å². The summed E-state index contributed by atoms with van der Waals surface area (Å²) in [7, 11) is -3.91. The second-order valence-electron chi connectivity index (χ2n) is 4.48. The van der Waals surface area contributed by atoms with Crippen LogP contribution in [0.25, 0.3) is 0 Å². The molecular formula is C14H12ClN3O4S. The van der Waals surface area contributed by atoms with Gasteiger partial charge in [0.2, 0.25) is 5.91 Å². The molecule has 120 valence electrons. The summed E-state index contributed by atoms with van der Waals surface area (Å²) in [4.78, 5) is 26.6. The second-order valence-corrected chi connectivity index (χ2v) is 6.52. The van der Waals surface area contributed by atoms with Gasteiger partial charge in [0.05, 0.1) is 10.5 Å². The molecule has 1 aromatic heterocycles. The molecule has 23 heavy (non-hydrogen) atoms. The van der Waals surface area contributed by atoms with Gasteiger partial charge < -0.3 is 5.32 Å². The van der Waals surface area contributed by atoms with Crippen LogP contribution in [-0.4, -0.2) is 25.2 Å². The lowest BCUT2D eigenvalue weighted by molar-refractivity contribution is -0.117. The fraction of sp³-hybridized carbons (Fsp3) is 0.0714. The third-order valence-corrected chi connectivity index (χ3v) is 4.45. The molecular weight excluding hydrogens is 342 g/mol. The van der Waals surface area contributed by atoms with E-state index in [0.29, 0.717) is 5.69 Å². The lowest BCUT2D eigenvalue weighted by Crippen LogP contribution is -2.28. The number of sulfonamides is 1. The lowest BCUT2D eigenvalue weighted by Gasteiger charge is -2.08. The minimum atomic E-state index is -3.91. The molecule has 2 rings (SSSR count). The number of aromatic nitrogens is 1. The molecule has 2 N–H and O–H groups in total. The number of amides is 2. The molecule has 0 saturated heterocycles. The van der Waals surface area contributed by atoms with Gasteiger partial charge in [-0.1, -0.05) is 11.6 Å². The van der Waals surface area contributed by atoms with Gasteiger partial charge in [0.1, 0.15) is 5.15 Å². The Hall–Kier alpha value is -2.45. The summed E-state index contributed by atoms with van der Waals surface area (Å²) in [6.45, 7) is 1.10. The van der Waals surface area contributed by atoms with Crippen molar-refractivity contribution in [2.45, 2.75) is 11.8 Å². The smallest absolute Gasteiger partial charge is 0.264 e. The molecule has 0 aliphatic rings. The summed E-state index contributed by atoms with van der Waals surface area (Å²) in [5.74, 6) is -1.16. The maximum atomic E-state index is 12.1. The molecule has 0 radical (unpaired) electrons. The van der Waals surface area contributed by atoms with E-state index in [4.69, 9.17) is 11.6 Å². The van der Waals surface area contributed by atoms with Gasteiger partial charge in [0.15, 0.2) is 0 Å². The molecule has 9 heteroatoms. The van der Waals surface area contributed by atoms with Crippen LogP contribution < -0.4 is 10.0 Å². The van der Waals surface area contributed by atoms with Crippen LogP contribution in [0.1, 0.15) is 17.3 Å². The number of pyridine rings is 1. The minimum absolute atomic E-state index is 0.0647. The topological polar surface area (TPSA) is 105 Å². The Morgan fingerprint density at radius 2 is 1.78 bits per heavy atom. The molecule has 7 nitrogen and oxygen atoms in total. The normalized spacial score (nSPS) is 10.9. The average Bonchev–Trinajstić information content (AvgIpc) is 2.47. The molecule has 0 aliphatic heterocycles. The zero-order valence-corrected chi connectivity index (χ0v) is 13.5. The maximum Gasteiger partial charge on any atom is 0.264 e.